The number of benzene rings is 1. The standard InChI is InChI=1S/C24H22N6O2S/c31-24(19-15-33-23(26-19)17-4-2-1-3-5-17)30-12-10-29(11-13-30)20-9-8-18(14-25-20)21-27-22(32-28-21)16-6-7-16/h1-5,8-9,14-16H,6-7,10-13H2. The number of hydrogen-bond donors (Lipinski definition) is 0. The van der Waals surface area contributed by atoms with Crippen LogP contribution in [0.5, 0.6) is 0 Å². The molecule has 1 amide bonds. The topological polar surface area (TPSA) is 88.3 Å². The molecule has 9 heteroatoms. The van der Waals surface area contributed by atoms with E-state index in [1.54, 1.807) is 6.20 Å². The lowest BCUT2D eigenvalue weighted by atomic mass is 10.2. The Balaban J connectivity index is 1.08. The average Bonchev–Trinajstić information content (AvgIpc) is 3.40. The van der Waals surface area contributed by atoms with Crippen LogP contribution in [0.25, 0.3) is 22.0 Å². The van der Waals surface area contributed by atoms with Crippen molar-refractivity contribution in [3.05, 3.63) is 65.6 Å². The Kier molecular flexibility index (Phi) is 5.10. The molecule has 166 valence electrons. The van der Waals surface area contributed by atoms with Crippen molar-refractivity contribution in [2.75, 3.05) is 31.1 Å². The maximum atomic E-state index is 13.0. The highest BCUT2D eigenvalue weighted by atomic mass is 32.1. The molecule has 4 heterocycles. The molecule has 0 unspecified atom stereocenters. The van der Waals surface area contributed by atoms with Gasteiger partial charge in [0.05, 0.1) is 0 Å². The van der Waals surface area contributed by atoms with Crippen molar-refractivity contribution in [1.82, 2.24) is 25.0 Å². The van der Waals surface area contributed by atoms with Crippen LogP contribution in [0.3, 0.4) is 0 Å². The van der Waals surface area contributed by atoms with E-state index in [9.17, 15) is 4.79 Å². The number of thiazole rings is 1. The van der Waals surface area contributed by atoms with E-state index < -0.39 is 0 Å². The lowest BCUT2D eigenvalue weighted by molar-refractivity contribution is 0.0741. The van der Waals surface area contributed by atoms with E-state index >= 15 is 0 Å². The molecule has 0 N–H and O–H groups in total. The van der Waals surface area contributed by atoms with Gasteiger partial charge in [0.15, 0.2) is 0 Å². The molecule has 33 heavy (non-hydrogen) atoms. The molecule has 6 rings (SSSR count). The number of amides is 1. The molecule has 1 aliphatic heterocycles. The third-order valence-electron chi connectivity index (χ3n) is 6.01. The molecule has 0 bridgehead atoms. The summed E-state index contributed by atoms with van der Waals surface area (Å²) in [7, 11) is 0. The molecule has 1 aliphatic carbocycles. The van der Waals surface area contributed by atoms with Gasteiger partial charge in [0.1, 0.15) is 16.5 Å². The van der Waals surface area contributed by atoms with Crippen molar-refractivity contribution in [1.29, 1.82) is 0 Å². The minimum Gasteiger partial charge on any atom is -0.353 e. The van der Waals surface area contributed by atoms with Crippen molar-refractivity contribution in [2.24, 2.45) is 0 Å². The highest BCUT2D eigenvalue weighted by Gasteiger charge is 2.30. The first-order chi connectivity index (χ1) is 16.2. The maximum absolute atomic E-state index is 13.0. The van der Waals surface area contributed by atoms with Gasteiger partial charge in [-0.1, -0.05) is 35.5 Å². The summed E-state index contributed by atoms with van der Waals surface area (Å²) >= 11 is 1.50. The van der Waals surface area contributed by atoms with Crippen LogP contribution in [0.15, 0.2) is 58.6 Å². The SMILES string of the molecule is O=C(c1csc(-c2ccccc2)n1)N1CCN(c2ccc(-c3noc(C4CC4)n3)cn2)CC1. The molecule has 1 saturated carbocycles. The highest BCUT2D eigenvalue weighted by Crippen LogP contribution is 2.39. The van der Waals surface area contributed by atoms with Crippen molar-refractivity contribution in [2.45, 2.75) is 18.8 Å². The van der Waals surface area contributed by atoms with E-state index in [0.29, 0.717) is 30.5 Å². The van der Waals surface area contributed by atoms with E-state index in [4.69, 9.17) is 4.52 Å². The highest BCUT2D eigenvalue weighted by molar-refractivity contribution is 7.13. The van der Waals surface area contributed by atoms with Crippen molar-refractivity contribution < 1.29 is 9.32 Å². The molecule has 0 atom stereocenters. The van der Waals surface area contributed by atoms with Crippen molar-refractivity contribution in [3.63, 3.8) is 0 Å². The second kappa shape index (κ2) is 8.40. The second-order valence-corrected chi connectivity index (χ2v) is 9.18. The quantitative estimate of drug-likeness (QED) is 0.445. The van der Waals surface area contributed by atoms with Gasteiger partial charge in [0.25, 0.3) is 5.91 Å². The Hall–Kier alpha value is -3.59. The van der Waals surface area contributed by atoms with Crippen LogP contribution in [-0.2, 0) is 0 Å². The van der Waals surface area contributed by atoms with Crippen LogP contribution >= 0.6 is 11.3 Å². The molecule has 1 aromatic carbocycles. The van der Waals surface area contributed by atoms with Gasteiger partial charge in [0, 0.05) is 54.8 Å². The zero-order valence-corrected chi connectivity index (χ0v) is 18.7. The Labute approximate surface area is 194 Å². The molecule has 4 aromatic rings. The van der Waals surface area contributed by atoms with E-state index in [1.807, 2.05) is 52.7 Å². The van der Waals surface area contributed by atoms with Gasteiger partial charge in [-0.3, -0.25) is 4.79 Å². The van der Waals surface area contributed by atoms with E-state index in [1.165, 1.54) is 11.3 Å². The molecule has 1 saturated heterocycles. The Bertz CT molecular complexity index is 1260. The number of carbonyl (C=O) groups excluding carboxylic acids is 1. The predicted octanol–water partition coefficient (Wildman–Crippen LogP) is 4.09. The van der Waals surface area contributed by atoms with Crippen LogP contribution in [-0.4, -0.2) is 57.1 Å². The third-order valence-corrected chi connectivity index (χ3v) is 6.90. The Morgan fingerprint density at radius 1 is 0.970 bits per heavy atom. The second-order valence-electron chi connectivity index (χ2n) is 8.32. The predicted molar refractivity (Wildman–Crippen MR) is 125 cm³/mol. The molecular weight excluding hydrogens is 436 g/mol. The first-order valence-corrected chi connectivity index (χ1v) is 12.0. The van der Waals surface area contributed by atoms with E-state index in [2.05, 4.69) is 25.0 Å². The number of aromatic nitrogens is 4. The fourth-order valence-electron chi connectivity index (χ4n) is 3.94. The summed E-state index contributed by atoms with van der Waals surface area (Å²) in [4.78, 5) is 30.7. The summed E-state index contributed by atoms with van der Waals surface area (Å²) in [6.07, 6.45) is 4.04. The van der Waals surface area contributed by atoms with Crippen LogP contribution in [0, 0.1) is 0 Å². The summed E-state index contributed by atoms with van der Waals surface area (Å²) in [5.41, 5.74) is 2.40. The molecule has 2 aliphatic rings. The zero-order chi connectivity index (χ0) is 22.2. The maximum Gasteiger partial charge on any atom is 0.273 e. The molecule has 0 radical (unpaired) electrons. The number of carbonyl (C=O) groups is 1. The summed E-state index contributed by atoms with van der Waals surface area (Å²) in [6.45, 7) is 2.72. The van der Waals surface area contributed by atoms with Crippen molar-refractivity contribution >= 4 is 23.1 Å². The molecular formula is C24H22N6O2S. The van der Waals surface area contributed by atoms with Crippen LogP contribution in [0.4, 0.5) is 5.82 Å². The Morgan fingerprint density at radius 2 is 1.79 bits per heavy atom. The largest absolute Gasteiger partial charge is 0.353 e. The van der Waals surface area contributed by atoms with Gasteiger partial charge in [-0.05, 0) is 25.0 Å². The van der Waals surface area contributed by atoms with Crippen LogP contribution < -0.4 is 4.90 Å². The normalized spacial score (nSPS) is 16.2. The van der Waals surface area contributed by atoms with Crippen LogP contribution in [0.1, 0.15) is 35.1 Å². The monoisotopic (exact) mass is 458 g/mol. The lowest BCUT2D eigenvalue weighted by Crippen LogP contribution is -2.49. The number of hydrogen-bond acceptors (Lipinski definition) is 8. The number of anilines is 1. The number of nitrogens with zero attached hydrogens (tertiary/aromatic N) is 6. The van der Waals surface area contributed by atoms with E-state index in [0.717, 1.165) is 53.8 Å². The minimum atomic E-state index is -0.0139. The van der Waals surface area contributed by atoms with Gasteiger partial charge < -0.3 is 14.3 Å². The van der Waals surface area contributed by atoms with Gasteiger partial charge in [-0.15, -0.1) is 11.3 Å². The van der Waals surface area contributed by atoms with Crippen molar-refractivity contribution in [3.8, 4) is 22.0 Å². The molecule has 2 fully saturated rings. The fourth-order valence-corrected chi connectivity index (χ4v) is 4.74. The van der Waals surface area contributed by atoms with Gasteiger partial charge in [0.2, 0.25) is 11.7 Å². The van der Waals surface area contributed by atoms with Crippen LogP contribution in [0.2, 0.25) is 0 Å². The average molecular weight is 459 g/mol. The number of rotatable bonds is 5. The number of piperazine rings is 1. The summed E-state index contributed by atoms with van der Waals surface area (Å²) in [6, 6.07) is 13.9. The van der Waals surface area contributed by atoms with Gasteiger partial charge in [-0.25, -0.2) is 9.97 Å². The van der Waals surface area contributed by atoms with E-state index in [-0.39, 0.29) is 5.91 Å². The fraction of sp³-hybridized carbons (Fsp3) is 0.292. The zero-order valence-electron chi connectivity index (χ0n) is 17.9. The minimum absolute atomic E-state index is 0.0139. The molecule has 8 nitrogen and oxygen atoms in total. The summed E-state index contributed by atoms with van der Waals surface area (Å²) in [5, 5.41) is 6.80. The third kappa shape index (κ3) is 4.11. The summed E-state index contributed by atoms with van der Waals surface area (Å²) < 4.78 is 5.35. The van der Waals surface area contributed by atoms with Gasteiger partial charge in [-0.2, -0.15) is 4.98 Å². The first kappa shape index (κ1) is 20.0. The molecule has 3 aromatic heterocycles. The van der Waals surface area contributed by atoms with Gasteiger partial charge >= 0.3 is 0 Å². The number of pyridine rings is 1. The lowest BCUT2D eigenvalue weighted by Gasteiger charge is -2.35. The smallest absolute Gasteiger partial charge is 0.273 e. The Morgan fingerprint density at radius 3 is 2.52 bits per heavy atom. The summed E-state index contributed by atoms with van der Waals surface area (Å²) in [5.74, 6) is 2.62. The molecule has 0 spiro atoms. The first-order valence-electron chi connectivity index (χ1n) is 11.1.